The third-order valence-corrected chi connectivity index (χ3v) is 18.3. The second-order valence-corrected chi connectivity index (χ2v) is 28.2. The highest BCUT2D eigenvalue weighted by Crippen LogP contribution is 2.45. The number of ether oxygens (including phenoxy) is 4. The van der Waals surface area contributed by atoms with E-state index in [0.717, 1.165) is 89.9 Å². The first-order valence-electron chi connectivity index (χ1n) is 36.8. The van der Waals surface area contributed by atoms with Gasteiger partial charge in [0.1, 0.15) is 19.3 Å². The van der Waals surface area contributed by atoms with Crippen LogP contribution in [-0.2, 0) is 65.4 Å². The van der Waals surface area contributed by atoms with E-state index >= 15 is 0 Å². The number of rotatable bonds is 71. The van der Waals surface area contributed by atoms with E-state index < -0.39 is 97.5 Å². The van der Waals surface area contributed by atoms with Gasteiger partial charge in [-0.2, -0.15) is 0 Å². The van der Waals surface area contributed by atoms with E-state index in [1.807, 2.05) is 0 Å². The first-order chi connectivity index (χ1) is 43.2. The minimum absolute atomic E-state index is 0.106. The monoisotopic (exact) mass is 1310 g/mol. The predicted molar refractivity (Wildman–Crippen MR) is 359 cm³/mol. The molecular formula is C70H136O17P2. The molecule has 89 heavy (non-hydrogen) atoms. The van der Waals surface area contributed by atoms with Crippen LogP contribution in [0.5, 0.6) is 0 Å². The number of unbranched alkanes of at least 4 members (excludes halogenated alkanes) is 45. The van der Waals surface area contributed by atoms with Crippen LogP contribution in [0.4, 0.5) is 0 Å². The van der Waals surface area contributed by atoms with E-state index in [-0.39, 0.29) is 25.7 Å². The minimum Gasteiger partial charge on any atom is -0.462 e. The Hall–Kier alpha value is -1.94. The average molecular weight is 1310 g/mol. The van der Waals surface area contributed by atoms with E-state index in [2.05, 4.69) is 27.7 Å². The number of hydrogen-bond acceptors (Lipinski definition) is 15. The van der Waals surface area contributed by atoms with Crippen molar-refractivity contribution in [3.63, 3.8) is 0 Å². The van der Waals surface area contributed by atoms with Gasteiger partial charge in [-0.25, -0.2) is 9.13 Å². The molecule has 0 aromatic rings. The summed E-state index contributed by atoms with van der Waals surface area (Å²) < 4.78 is 68.1. The molecule has 0 rings (SSSR count). The molecule has 17 nitrogen and oxygen atoms in total. The number of esters is 4. The summed E-state index contributed by atoms with van der Waals surface area (Å²) in [5.74, 6) is -2.13. The molecule has 2 unspecified atom stereocenters. The third kappa shape index (κ3) is 64.6. The van der Waals surface area contributed by atoms with Gasteiger partial charge in [-0.3, -0.25) is 37.3 Å². The molecule has 0 radical (unpaired) electrons. The fraction of sp³-hybridized carbons (Fsp3) is 0.943. The fourth-order valence-electron chi connectivity index (χ4n) is 10.7. The van der Waals surface area contributed by atoms with Gasteiger partial charge in [-0.1, -0.05) is 317 Å². The van der Waals surface area contributed by atoms with Crippen molar-refractivity contribution in [2.75, 3.05) is 39.6 Å². The second kappa shape index (κ2) is 64.8. The van der Waals surface area contributed by atoms with Crippen LogP contribution >= 0.6 is 15.6 Å². The van der Waals surface area contributed by atoms with E-state index in [4.69, 9.17) is 37.0 Å². The summed E-state index contributed by atoms with van der Waals surface area (Å²) in [6.45, 7) is 4.90. The Morgan fingerprint density at radius 1 is 0.270 bits per heavy atom. The van der Waals surface area contributed by atoms with Crippen molar-refractivity contribution in [3.05, 3.63) is 0 Å². The van der Waals surface area contributed by atoms with Crippen molar-refractivity contribution in [1.82, 2.24) is 0 Å². The van der Waals surface area contributed by atoms with Crippen molar-refractivity contribution in [2.24, 2.45) is 0 Å². The smallest absolute Gasteiger partial charge is 0.462 e. The molecule has 528 valence electrons. The van der Waals surface area contributed by atoms with Crippen LogP contribution in [0.25, 0.3) is 0 Å². The van der Waals surface area contributed by atoms with Gasteiger partial charge in [-0.05, 0) is 25.7 Å². The third-order valence-electron chi connectivity index (χ3n) is 16.4. The van der Waals surface area contributed by atoms with Gasteiger partial charge in [0.2, 0.25) is 0 Å². The molecule has 3 N–H and O–H groups in total. The van der Waals surface area contributed by atoms with Gasteiger partial charge in [0.15, 0.2) is 12.2 Å². The summed E-state index contributed by atoms with van der Waals surface area (Å²) in [7, 11) is -9.89. The summed E-state index contributed by atoms with van der Waals surface area (Å²) in [4.78, 5) is 72.3. The van der Waals surface area contributed by atoms with Gasteiger partial charge in [0.25, 0.3) is 0 Å². The molecule has 0 spiro atoms. The molecule has 0 bridgehead atoms. The van der Waals surface area contributed by atoms with Gasteiger partial charge < -0.3 is 33.8 Å². The average Bonchev–Trinajstić information content (AvgIpc) is 3.51. The first-order valence-corrected chi connectivity index (χ1v) is 39.8. The molecule has 0 fully saturated rings. The van der Waals surface area contributed by atoms with Crippen LogP contribution in [0.1, 0.15) is 368 Å². The summed E-state index contributed by atoms with van der Waals surface area (Å²) in [5.41, 5.74) is 0. The summed E-state index contributed by atoms with van der Waals surface area (Å²) >= 11 is 0. The van der Waals surface area contributed by atoms with Crippen LogP contribution < -0.4 is 0 Å². The van der Waals surface area contributed by atoms with Gasteiger partial charge in [-0.15, -0.1) is 0 Å². The molecule has 0 heterocycles. The molecule has 0 aliphatic heterocycles. The quantitative estimate of drug-likeness (QED) is 0.0222. The maximum absolute atomic E-state index is 13.0. The second-order valence-electron chi connectivity index (χ2n) is 25.3. The number of carbonyl (C=O) groups excluding carboxylic acids is 4. The molecule has 0 saturated carbocycles. The minimum atomic E-state index is -4.95. The van der Waals surface area contributed by atoms with Crippen LogP contribution in [0.2, 0.25) is 0 Å². The van der Waals surface area contributed by atoms with Crippen molar-refractivity contribution < 1.29 is 80.2 Å². The van der Waals surface area contributed by atoms with Crippen molar-refractivity contribution in [1.29, 1.82) is 0 Å². The lowest BCUT2D eigenvalue weighted by atomic mass is 10.0. The number of phosphoric acid groups is 2. The Kier molecular flexibility index (Phi) is 63.3. The predicted octanol–water partition coefficient (Wildman–Crippen LogP) is 20.3. The molecule has 0 aliphatic rings. The number of carbonyl (C=O) groups is 4. The molecule has 0 aromatic heterocycles. The molecule has 5 atom stereocenters. The maximum Gasteiger partial charge on any atom is 0.472 e. The number of aliphatic hydroxyl groups is 1. The van der Waals surface area contributed by atoms with E-state index in [1.54, 1.807) is 0 Å². The van der Waals surface area contributed by atoms with Gasteiger partial charge in [0, 0.05) is 25.7 Å². The maximum atomic E-state index is 13.0. The van der Waals surface area contributed by atoms with Crippen LogP contribution in [0.3, 0.4) is 0 Å². The highest BCUT2D eigenvalue weighted by Gasteiger charge is 2.30. The van der Waals surface area contributed by atoms with E-state index in [9.17, 15) is 43.2 Å². The lowest BCUT2D eigenvalue weighted by Gasteiger charge is -2.21. The zero-order valence-corrected chi connectivity index (χ0v) is 59.2. The lowest BCUT2D eigenvalue weighted by Crippen LogP contribution is -2.30. The van der Waals surface area contributed by atoms with Gasteiger partial charge >= 0.3 is 39.5 Å². The van der Waals surface area contributed by atoms with Crippen molar-refractivity contribution >= 4 is 39.5 Å². The highest BCUT2D eigenvalue weighted by atomic mass is 31.2. The van der Waals surface area contributed by atoms with Crippen LogP contribution in [-0.4, -0.2) is 96.7 Å². The fourth-order valence-corrected chi connectivity index (χ4v) is 12.3. The topological polar surface area (TPSA) is 237 Å². The largest absolute Gasteiger partial charge is 0.472 e. The van der Waals surface area contributed by atoms with E-state index in [1.165, 1.54) is 199 Å². The van der Waals surface area contributed by atoms with Crippen molar-refractivity contribution in [3.8, 4) is 0 Å². The zero-order valence-electron chi connectivity index (χ0n) is 57.4. The van der Waals surface area contributed by atoms with Crippen LogP contribution in [0, 0.1) is 0 Å². The van der Waals surface area contributed by atoms with E-state index in [0.29, 0.717) is 25.7 Å². The Morgan fingerprint density at radius 2 is 0.449 bits per heavy atom. The molecule has 0 saturated heterocycles. The first kappa shape index (κ1) is 87.1. The number of hydrogen-bond donors (Lipinski definition) is 3. The highest BCUT2D eigenvalue weighted by molar-refractivity contribution is 7.47. The number of phosphoric ester groups is 2. The molecule has 19 heteroatoms. The molecule has 0 aromatic carbocycles. The van der Waals surface area contributed by atoms with Crippen LogP contribution in [0.15, 0.2) is 0 Å². The standard InChI is InChI=1S/C70H136O17P2/c1-5-9-13-17-21-25-27-28-29-30-31-32-33-34-35-36-37-41-45-49-53-57-70(75)87-66(61-81-68(73)55-51-47-43-40-26-22-18-14-10-6-2)63-85-89(78,79)83-59-64(71)58-82-88(76,77)84-62-65(86-69(74)56-52-48-44-39-24-20-16-12-8-4)60-80-67(72)54-50-46-42-38-23-19-15-11-7-3/h64-66,71H,5-63H2,1-4H3,(H,76,77)(H,78,79)/t64-,65+,66+/m0/s1. The molecule has 0 aliphatic carbocycles. The van der Waals surface area contributed by atoms with Crippen molar-refractivity contribution in [2.45, 2.75) is 386 Å². The van der Waals surface area contributed by atoms with Gasteiger partial charge in [0.05, 0.1) is 26.4 Å². The lowest BCUT2D eigenvalue weighted by molar-refractivity contribution is -0.161. The summed E-state index contributed by atoms with van der Waals surface area (Å²) in [6, 6.07) is 0. The summed E-state index contributed by atoms with van der Waals surface area (Å²) in [6.07, 6.45) is 52.9. The molecule has 0 amide bonds. The SMILES string of the molecule is CCCCCCCCCCCCCCCCCCCCCCCC(=O)O[C@H](COC(=O)CCCCCCCCCCCC)COP(=O)(O)OC[C@@H](O)COP(=O)(O)OC[C@@H](COC(=O)CCCCCCCCCCC)OC(=O)CCCCCCCCCCC. The zero-order chi connectivity index (χ0) is 65.4. The Morgan fingerprint density at radius 3 is 0.663 bits per heavy atom. The summed E-state index contributed by atoms with van der Waals surface area (Å²) in [5, 5.41) is 10.6. The molecular weight excluding hydrogens is 1170 g/mol. The number of aliphatic hydroxyl groups excluding tert-OH is 1. The Bertz CT molecular complexity index is 1710. The Labute approximate surface area is 543 Å². The Balaban J connectivity index is 5.12. The normalized spacial score (nSPS) is 14.0.